The largest absolute Gasteiger partial charge is 0.462 e. The number of carbonyl (C=O) groups excluding carboxylic acids is 3. The zero-order chi connectivity index (χ0) is 50.0. The molecule has 0 radical (unpaired) electrons. The first-order valence-electron chi connectivity index (χ1n) is 28.4. The average Bonchev–Trinajstić information content (AvgIpc) is 3.35. The Bertz CT molecular complexity index is 1420. The van der Waals surface area contributed by atoms with Crippen LogP contribution in [0, 0.1) is 0 Å². The van der Waals surface area contributed by atoms with Crippen LogP contribution in [0.15, 0.2) is 109 Å². The third kappa shape index (κ3) is 54.9. The number of allylic oxidation sites excluding steroid dienone is 18. The van der Waals surface area contributed by atoms with Crippen molar-refractivity contribution in [2.45, 2.75) is 258 Å². The SMILES string of the molecule is CC/C=C\C/C=C\C/C=C\C/C=C\C/C=C\CCCCCC(=O)OCC(COC(=O)CCCCCCCCCCCCCCCC)OC(=O)CCCCCCC\C=C/C=C\C=C/C=C\CCCCC. The van der Waals surface area contributed by atoms with E-state index in [-0.39, 0.29) is 31.1 Å². The predicted molar refractivity (Wildman–Crippen MR) is 297 cm³/mol. The number of rotatable bonds is 50. The smallest absolute Gasteiger partial charge is 0.306 e. The zero-order valence-electron chi connectivity index (χ0n) is 44.8. The van der Waals surface area contributed by atoms with Gasteiger partial charge < -0.3 is 14.2 Å². The molecule has 0 aliphatic heterocycles. The van der Waals surface area contributed by atoms with Gasteiger partial charge in [-0.15, -0.1) is 0 Å². The lowest BCUT2D eigenvalue weighted by atomic mass is 10.0. The Kier molecular flexibility index (Phi) is 53.4. The van der Waals surface area contributed by atoms with E-state index in [4.69, 9.17) is 14.2 Å². The minimum Gasteiger partial charge on any atom is -0.462 e. The summed E-state index contributed by atoms with van der Waals surface area (Å²) in [6, 6.07) is 0. The molecule has 392 valence electrons. The fourth-order valence-electron chi connectivity index (χ4n) is 7.60. The highest BCUT2D eigenvalue weighted by Crippen LogP contribution is 2.15. The lowest BCUT2D eigenvalue weighted by Gasteiger charge is -2.18. The molecule has 1 atom stereocenters. The van der Waals surface area contributed by atoms with Gasteiger partial charge in [0.05, 0.1) is 0 Å². The van der Waals surface area contributed by atoms with Crippen molar-refractivity contribution >= 4 is 17.9 Å². The second kappa shape index (κ2) is 56.7. The molecule has 0 aromatic carbocycles. The van der Waals surface area contributed by atoms with Crippen molar-refractivity contribution in [3.63, 3.8) is 0 Å². The van der Waals surface area contributed by atoms with Crippen LogP contribution < -0.4 is 0 Å². The Morgan fingerprint density at radius 2 is 0.623 bits per heavy atom. The summed E-state index contributed by atoms with van der Waals surface area (Å²) in [5.74, 6) is -0.953. The van der Waals surface area contributed by atoms with E-state index < -0.39 is 6.10 Å². The summed E-state index contributed by atoms with van der Waals surface area (Å²) >= 11 is 0. The highest BCUT2D eigenvalue weighted by Gasteiger charge is 2.19. The van der Waals surface area contributed by atoms with Crippen LogP contribution in [-0.4, -0.2) is 37.2 Å². The van der Waals surface area contributed by atoms with Gasteiger partial charge in [-0.3, -0.25) is 14.4 Å². The first-order chi connectivity index (χ1) is 34.0. The summed E-state index contributed by atoms with van der Waals surface area (Å²) in [4.78, 5) is 38.1. The summed E-state index contributed by atoms with van der Waals surface area (Å²) in [6.07, 6.45) is 76.4. The number of hydrogen-bond acceptors (Lipinski definition) is 6. The van der Waals surface area contributed by atoms with E-state index >= 15 is 0 Å². The van der Waals surface area contributed by atoms with Crippen LogP contribution in [0.1, 0.15) is 252 Å². The van der Waals surface area contributed by atoms with Crippen LogP contribution in [0.5, 0.6) is 0 Å². The molecule has 0 saturated carbocycles. The van der Waals surface area contributed by atoms with Crippen LogP contribution in [0.3, 0.4) is 0 Å². The molecule has 0 heterocycles. The normalized spacial score (nSPS) is 12.9. The monoisotopic (exact) mass is 957 g/mol. The van der Waals surface area contributed by atoms with Crippen molar-refractivity contribution in [3.8, 4) is 0 Å². The van der Waals surface area contributed by atoms with E-state index in [1.165, 1.54) is 89.9 Å². The predicted octanol–water partition coefficient (Wildman–Crippen LogP) is 19.1. The number of ether oxygens (including phenoxy) is 3. The molecule has 0 aromatic rings. The molecule has 0 saturated heterocycles. The molecule has 0 fully saturated rings. The fraction of sp³-hybridized carbons (Fsp3) is 0.667. The number of esters is 3. The first kappa shape index (κ1) is 65.1. The molecule has 0 bridgehead atoms. The molecular weight excluding hydrogens is 853 g/mol. The molecule has 0 amide bonds. The Hall–Kier alpha value is -3.93. The van der Waals surface area contributed by atoms with E-state index in [0.717, 1.165) is 122 Å². The Morgan fingerprint density at radius 1 is 0.319 bits per heavy atom. The maximum atomic E-state index is 12.9. The van der Waals surface area contributed by atoms with Gasteiger partial charge in [0.2, 0.25) is 0 Å². The summed E-state index contributed by atoms with van der Waals surface area (Å²) in [5, 5.41) is 0. The van der Waals surface area contributed by atoms with Crippen LogP contribution in [-0.2, 0) is 28.6 Å². The van der Waals surface area contributed by atoms with Crippen LogP contribution in [0.4, 0.5) is 0 Å². The summed E-state index contributed by atoms with van der Waals surface area (Å²) < 4.78 is 16.8. The van der Waals surface area contributed by atoms with Crippen LogP contribution in [0.2, 0.25) is 0 Å². The van der Waals surface area contributed by atoms with Gasteiger partial charge in [-0.2, -0.15) is 0 Å². The summed E-state index contributed by atoms with van der Waals surface area (Å²) in [7, 11) is 0. The highest BCUT2D eigenvalue weighted by molar-refractivity contribution is 5.71. The molecular formula is C63H104O6. The molecule has 0 aliphatic carbocycles. The number of unbranched alkanes of at least 4 members (excludes halogenated alkanes) is 24. The summed E-state index contributed by atoms with van der Waals surface area (Å²) in [6.45, 7) is 6.44. The Morgan fingerprint density at radius 3 is 1.06 bits per heavy atom. The zero-order valence-corrected chi connectivity index (χ0v) is 44.8. The third-order valence-electron chi connectivity index (χ3n) is 11.9. The molecule has 6 heteroatoms. The van der Waals surface area contributed by atoms with Crippen molar-refractivity contribution in [2.75, 3.05) is 13.2 Å². The molecule has 0 rings (SSSR count). The van der Waals surface area contributed by atoms with Crippen molar-refractivity contribution in [1.29, 1.82) is 0 Å². The fourth-order valence-corrected chi connectivity index (χ4v) is 7.60. The molecule has 1 unspecified atom stereocenters. The molecule has 0 aromatic heterocycles. The lowest BCUT2D eigenvalue weighted by Crippen LogP contribution is -2.30. The van der Waals surface area contributed by atoms with E-state index in [1.807, 2.05) is 0 Å². The number of hydrogen-bond donors (Lipinski definition) is 0. The average molecular weight is 958 g/mol. The van der Waals surface area contributed by atoms with Gasteiger partial charge in [-0.25, -0.2) is 0 Å². The quantitative estimate of drug-likeness (QED) is 0.0199. The van der Waals surface area contributed by atoms with E-state index in [9.17, 15) is 14.4 Å². The molecule has 0 N–H and O–H groups in total. The minimum atomic E-state index is -0.805. The molecule has 0 spiro atoms. The number of carbonyl (C=O) groups is 3. The molecule has 6 nitrogen and oxygen atoms in total. The van der Waals surface area contributed by atoms with Gasteiger partial charge >= 0.3 is 17.9 Å². The van der Waals surface area contributed by atoms with Crippen molar-refractivity contribution in [3.05, 3.63) is 109 Å². The van der Waals surface area contributed by atoms with Gasteiger partial charge in [0.25, 0.3) is 0 Å². The van der Waals surface area contributed by atoms with Gasteiger partial charge in [0.15, 0.2) is 6.10 Å². The maximum absolute atomic E-state index is 12.9. The Balaban J connectivity index is 4.51. The van der Waals surface area contributed by atoms with Crippen LogP contribution in [0.25, 0.3) is 0 Å². The van der Waals surface area contributed by atoms with Crippen molar-refractivity contribution in [1.82, 2.24) is 0 Å². The maximum Gasteiger partial charge on any atom is 0.306 e. The van der Waals surface area contributed by atoms with Crippen molar-refractivity contribution in [2.24, 2.45) is 0 Å². The van der Waals surface area contributed by atoms with Gasteiger partial charge in [0, 0.05) is 19.3 Å². The first-order valence-corrected chi connectivity index (χ1v) is 28.4. The van der Waals surface area contributed by atoms with E-state index in [0.29, 0.717) is 19.3 Å². The lowest BCUT2D eigenvalue weighted by molar-refractivity contribution is -0.167. The summed E-state index contributed by atoms with van der Waals surface area (Å²) in [5.41, 5.74) is 0. The second-order valence-electron chi connectivity index (χ2n) is 18.6. The van der Waals surface area contributed by atoms with E-state index in [2.05, 4.69) is 130 Å². The van der Waals surface area contributed by atoms with Crippen LogP contribution >= 0.6 is 0 Å². The third-order valence-corrected chi connectivity index (χ3v) is 11.9. The van der Waals surface area contributed by atoms with E-state index in [1.54, 1.807) is 0 Å². The van der Waals surface area contributed by atoms with Gasteiger partial charge in [0.1, 0.15) is 13.2 Å². The molecule has 0 aliphatic rings. The molecule has 69 heavy (non-hydrogen) atoms. The van der Waals surface area contributed by atoms with Gasteiger partial charge in [-0.05, 0) is 89.9 Å². The highest BCUT2D eigenvalue weighted by atomic mass is 16.6. The Labute approximate surface area is 425 Å². The van der Waals surface area contributed by atoms with Gasteiger partial charge in [-0.1, -0.05) is 252 Å². The minimum absolute atomic E-state index is 0.0983. The topological polar surface area (TPSA) is 78.9 Å². The second-order valence-corrected chi connectivity index (χ2v) is 18.6. The standard InChI is InChI=1S/C63H104O6/c1-4-7-10-13-16-19-22-25-28-30-32-34-35-38-41-44-47-50-53-56-62(65)68-59-60(58-67-61(64)55-52-49-46-43-40-37-27-24-21-18-15-12-9-6-3)69-63(66)57-54-51-48-45-42-39-36-33-31-29-26-23-20-17-14-11-8-5-2/h7,10,16-17,19-20,23,25-26,28-29,31-34,36,38,41,60H,4-6,8-9,11-15,18,21-22,24,27,30,35,37,39-40,42-59H2,1-3H3/b10-7-,19-16-,20-17-,26-23-,28-25-,31-29-,34-32-,36-33-,41-38-. The van der Waals surface area contributed by atoms with Crippen molar-refractivity contribution < 1.29 is 28.6 Å².